The van der Waals surface area contributed by atoms with Crippen LogP contribution in [0.3, 0.4) is 0 Å². The number of Topliss-reactive ketones (excluding diaryl/α,β-unsaturated/α-hetero) is 1. The molecule has 218 valence electrons. The van der Waals surface area contributed by atoms with Gasteiger partial charge in [-0.15, -0.1) is 0 Å². The SMILES string of the molecule is CC(C)CC(NC(=O)c1ccc(N2CCNCC2)cc1)C(=O)N1CCC2C1C(=O)CN2C(=O)N1CCN(C)CC1. The molecule has 4 amide bonds. The number of benzene rings is 1. The third-order valence-electron chi connectivity index (χ3n) is 8.65. The molecule has 4 heterocycles. The number of likely N-dealkylation sites (tertiary alicyclic amines) is 2. The van der Waals surface area contributed by atoms with Gasteiger partial charge in [0.15, 0.2) is 5.78 Å². The van der Waals surface area contributed by atoms with Crippen molar-refractivity contribution in [2.75, 3.05) is 77.4 Å². The maximum Gasteiger partial charge on any atom is 0.320 e. The molecule has 5 rings (SSSR count). The number of piperazine rings is 2. The van der Waals surface area contributed by atoms with Crippen molar-refractivity contribution in [3.05, 3.63) is 29.8 Å². The van der Waals surface area contributed by atoms with E-state index < -0.39 is 12.1 Å². The van der Waals surface area contributed by atoms with Gasteiger partial charge in [-0.05, 0) is 50.1 Å². The summed E-state index contributed by atoms with van der Waals surface area (Å²) in [6.07, 6.45) is 1.03. The van der Waals surface area contributed by atoms with Gasteiger partial charge in [0.2, 0.25) is 5.91 Å². The molecule has 4 fully saturated rings. The Hall–Kier alpha value is -3.18. The summed E-state index contributed by atoms with van der Waals surface area (Å²) in [4.78, 5) is 63.1. The highest BCUT2D eigenvalue weighted by atomic mass is 16.2. The van der Waals surface area contributed by atoms with Crippen LogP contribution in [0.25, 0.3) is 0 Å². The first-order valence-electron chi connectivity index (χ1n) is 14.7. The highest BCUT2D eigenvalue weighted by Crippen LogP contribution is 2.31. The van der Waals surface area contributed by atoms with Crippen molar-refractivity contribution in [1.82, 2.24) is 30.2 Å². The Labute approximate surface area is 236 Å². The van der Waals surface area contributed by atoms with Gasteiger partial charge in [0.05, 0.1) is 12.6 Å². The molecule has 1 aromatic rings. The number of ketones is 1. The number of amides is 4. The molecule has 2 N–H and O–H groups in total. The van der Waals surface area contributed by atoms with Crippen LogP contribution in [0.4, 0.5) is 10.5 Å². The Morgan fingerprint density at radius 2 is 1.62 bits per heavy atom. The Morgan fingerprint density at radius 3 is 2.27 bits per heavy atom. The van der Waals surface area contributed by atoms with E-state index in [0.29, 0.717) is 38.0 Å². The van der Waals surface area contributed by atoms with Crippen LogP contribution in [0.1, 0.15) is 37.0 Å². The number of hydrogen-bond donors (Lipinski definition) is 2. The fraction of sp³-hybridized carbons (Fsp3) is 0.655. The molecule has 0 aliphatic carbocycles. The second-order valence-corrected chi connectivity index (χ2v) is 11.9. The molecule has 0 radical (unpaired) electrons. The zero-order valence-corrected chi connectivity index (χ0v) is 24.0. The number of fused-ring (bicyclic) bond motifs is 1. The monoisotopic (exact) mass is 553 g/mol. The highest BCUT2D eigenvalue weighted by Gasteiger charge is 2.53. The summed E-state index contributed by atoms with van der Waals surface area (Å²) in [5, 5.41) is 6.31. The molecular formula is C29H43N7O4. The van der Waals surface area contributed by atoms with Crippen LogP contribution in [-0.4, -0.2) is 134 Å². The van der Waals surface area contributed by atoms with Crippen molar-refractivity contribution in [2.45, 2.75) is 44.8 Å². The van der Waals surface area contributed by atoms with Gasteiger partial charge in [0.25, 0.3) is 5.91 Å². The molecule has 11 heteroatoms. The molecule has 1 aromatic carbocycles. The number of anilines is 1. The summed E-state index contributed by atoms with van der Waals surface area (Å²) < 4.78 is 0. The number of urea groups is 1. The molecule has 3 unspecified atom stereocenters. The van der Waals surface area contributed by atoms with Crippen LogP contribution in [0.5, 0.6) is 0 Å². The molecule has 0 saturated carbocycles. The van der Waals surface area contributed by atoms with Crippen LogP contribution in [0, 0.1) is 5.92 Å². The molecule has 4 saturated heterocycles. The predicted molar refractivity (Wildman–Crippen MR) is 152 cm³/mol. The smallest absolute Gasteiger partial charge is 0.320 e. The molecule has 0 bridgehead atoms. The number of nitrogens with zero attached hydrogens (tertiary/aromatic N) is 5. The number of likely N-dealkylation sites (N-methyl/N-ethyl adjacent to an activating group) is 1. The molecule has 11 nitrogen and oxygen atoms in total. The average molecular weight is 554 g/mol. The van der Waals surface area contributed by atoms with E-state index in [9.17, 15) is 19.2 Å². The lowest BCUT2D eigenvalue weighted by atomic mass is 10.0. The first-order chi connectivity index (χ1) is 19.2. The number of hydrogen-bond acceptors (Lipinski definition) is 7. The maximum absolute atomic E-state index is 13.8. The zero-order valence-electron chi connectivity index (χ0n) is 24.0. The fourth-order valence-corrected chi connectivity index (χ4v) is 6.39. The van der Waals surface area contributed by atoms with Crippen LogP contribution in [-0.2, 0) is 9.59 Å². The number of carbonyl (C=O) groups excluding carboxylic acids is 4. The average Bonchev–Trinajstić information content (AvgIpc) is 3.54. The lowest BCUT2D eigenvalue weighted by Crippen LogP contribution is -2.54. The van der Waals surface area contributed by atoms with Crippen molar-refractivity contribution in [3.8, 4) is 0 Å². The summed E-state index contributed by atoms with van der Waals surface area (Å²) in [5.74, 6) is -0.478. The van der Waals surface area contributed by atoms with Gasteiger partial charge >= 0.3 is 6.03 Å². The summed E-state index contributed by atoms with van der Waals surface area (Å²) in [6.45, 7) is 11.1. The quantitative estimate of drug-likeness (QED) is 0.527. The molecule has 40 heavy (non-hydrogen) atoms. The van der Waals surface area contributed by atoms with E-state index in [-0.39, 0.29) is 42.1 Å². The minimum Gasteiger partial charge on any atom is -0.369 e. The standard InChI is InChI=1S/C29H43N7O4/c1-20(2)18-23(31-27(38)21-4-6-22(7-5-21)33-12-9-30-10-13-33)28(39)35-11-8-24-26(35)25(37)19-36(24)29(40)34-16-14-32(3)15-17-34/h4-7,20,23-24,26,30H,8-19H2,1-3H3,(H,31,38). The third-order valence-corrected chi connectivity index (χ3v) is 8.65. The van der Waals surface area contributed by atoms with E-state index in [4.69, 9.17) is 0 Å². The Bertz CT molecular complexity index is 1100. The molecule has 3 atom stereocenters. The van der Waals surface area contributed by atoms with Gasteiger partial charge in [-0.1, -0.05) is 13.8 Å². The largest absolute Gasteiger partial charge is 0.369 e. The molecule has 0 aromatic heterocycles. The van der Waals surface area contributed by atoms with E-state index in [1.165, 1.54) is 0 Å². The summed E-state index contributed by atoms with van der Waals surface area (Å²) >= 11 is 0. The zero-order chi connectivity index (χ0) is 28.4. The minimum atomic E-state index is -0.741. The van der Waals surface area contributed by atoms with Crippen molar-refractivity contribution in [1.29, 1.82) is 0 Å². The van der Waals surface area contributed by atoms with Crippen molar-refractivity contribution in [2.24, 2.45) is 5.92 Å². The van der Waals surface area contributed by atoms with Crippen LogP contribution >= 0.6 is 0 Å². The normalized spacial score (nSPS) is 24.4. The van der Waals surface area contributed by atoms with Crippen molar-refractivity contribution < 1.29 is 19.2 Å². The Kier molecular flexibility index (Phi) is 8.60. The third kappa shape index (κ3) is 5.95. The predicted octanol–water partition coefficient (Wildman–Crippen LogP) is 0.462. The van der Waals surface area contributed by atoms with E-state index >= 15 is 0 Å². The summed E-state index contributed by atoms with van der Waals surface area (Å²) in [5.41, 5.74) is 1.58. The van der Waals surface area contributed by atoms with Gasteiger partial charge in [-0.25, -0.2) is 4.79 Å². The van der Waals surface area contributed by atoms with Crippen LogP contribution < -0.4 is 15.5 Å². The van der Waals surface area contributed by atoms with Crippen molar-refractivity contribution >= 4 is 29.3 Å². The highest BCUT2D eigenvalue weighted by molar-refractivity contribution is 6.00. The molecule has 4 aliphatic heterocycles. The number of nitrogens with one attached hydrogen (secondary N) is 2. The second-order valence-electron chi connectivity index (χ2n) is 11.9. The molecule has 4 aliphatic rings. The first-order valence-corrected chi connectivity index (χ1v) is 14.7. The van der Waals surface area contributed by atoms with Gasteiger partial charge in [-0.2, -0.15) is 0 Å². The summed E-state index contributed by atoms with van der Waals surface area (Å²) in [7, 11) is 2.03. The Balaban J connectivity index is 1.25. The number of rotatable bonds is 6. The Morgan fingerprint density at radius 1 is 0.950 bits per heavy atom. The van der Waals surface area contributed by atoms with Gasteiger partial charge in [-0.3, -0.25) is 14.4 Å². The molecular weight excluding hydrogens is 510 g/mol. The maximum atomic E-state index is 13.8. The van der Waals surface area contributed by atoms with Gasteiger partial charge in [0.1, 0.15) is 12.1 Å². The first kappa shape index (κ1) is 28.4. The van der Waals surface area contributed by atoms with E-state index in [1.807, 2.05) is 37.9 Å². The fourth-order valence-electron chi connectivity index (χ4n) is 6.39. The summed E-state index contributed by atoms with van der Waals surface area (Å²) in [6, 6.07) is 5.70. The number of carbonyl (C=O) groups is 4. The van der Waals surface area contributed by atoms with Crippen LogP contribution in [0.2, 0.25) is 0 Å². The lowest BCUT2D eigenvalue weighted by molar-refractivity contribution is -0.138. The van der Waals surface area contributed by atoms with E-state index in [2.05, 4.69) is 20.4 Å². The second kappa shape index (κ2) is 12.1. The van der Waals surface area contributed by atoms with Crippen molar-refractivity contribution in [3.63, 3.8) is 0 Å². The van der Waals surface area contributed by atoms with E-state index in [1.54, 1.807) is 21.9 Å². The van der Waals surface area contributed by atoms with Gasteiger partial charge in [0, 0.05) is 70.2 Å². The van der Waals surface area contributed by atoms with Crippen LogP contribution in [0.15, 0.2) is 24.3 Å². The minimum absolute atomic E-state index is 0.0327. The lowest BCUT2D eigenvalue weighted by Gasteiger charge is -2.36. The topological polar surface area (TPSA) is 109 Å². The van der Waals surface area contributed by atoms with E-state index in [0.717, 1.165) is 45.0 Å². The van der Waals surface area contributed by atoms with Gasteiger partial charge < -0.3 is 35.1 Å². The molecule has 0 spiro atoms.